The molecule has 1 aromatic carbocycles. The van der Waals surface area contributed by atoms with Gasteiger partial charge in [0, 0.05) is 30.6 Å². The molecule has 0 aliphatic carbocycles. The third kappa shape index (κ3) is 5.54. The molecule has 0 unspecified atom stereocenters. The molecular weight excluding hydrogens is 330 g/mol. The molecular formula is C14H19BrF2N2O. The van der Waals surface area contributed by atoms with Gasteiger partial charge in [-0.05, 0) is 48.8 Å². The largest absolute Gasteiger partial charge is 0.351 e. The lowest BCUT2D eigenvalue weighted by Gasteiger charge is -2.20. The normalized spacial score (nSPS) is 11.5. The standard InChI is InChI=1S/C14H19BrF2N2O/c1-14(2,3)19-12(20)6-7-18-8-9-11(16)5-4-10(15)13(9)17/h4-5,18H,6-8H2,1-3H3,(H,19,20). The van der Waals surface area contributed by atoms with Gasteiger partial charge >= 0.3 is 0 Å². The third-order valence-electron chi connectivity index (χ3n) is 2.48. The van der Waals surface area contributed by atoms with E-state index in [0.717, 1.165) is 0 Å². The molecule has 0 bridgehead atoms. The molecule has 20 heavy (non-hydrogen) atoms. The Bertz CT molecular complexity index is 487. The Morgan fingerprint density at radius 2 is 1.95 bits per heavy atom. The third-order valence-corrected chi connectivity index (χ3v) is 3.10. The van der Waals surface area contributed by atoms with Crippen LogP contribution >= 0.6 is 15.9 Å². The van der Waals surface area contributed by atoms with Crippen LogP contribution < -0.4 is 10.6 Å². The lowest BCUT2D eigenvalue weighted by atomic mass is 10.1. The van der Waals surface area contributed by atoms with Crippen LogP contribution in [-0.4, -0.2) is 18.0 Å². The highest BCUT2D eigenvalue weighted by Crippen LogP contribution is 2.21. The van der Waals surface area contributed by atoms with E-state index in [-0.39, 0.29) is 34.4 Å². The monoisotopic (exact) mass is 348 g/mol. The molecule has 0 saturated carbocycles. The van der Waals surface area contributed by atoms with E-state index in [4.69, 9.17) is 0 Å². The summed E-state index contributed by atoms with van der Waals surface area (Å²) in [5.74, 6) is -1.31. The van der Waals surface area contributed by atoms with Crippen molar-refractivity contribution in [3.05, 3.63) is 33.8 Å². The first-order valence-electron chi connectivity index (χ1n) is 6.35. The van der Waals surface area contributed by atoms with Crippen molar-refractivity contribution in [3.8, 4) is 0 Å². The summed E-state index contributed by atoms with van der Waals surface area (Å²) in [7, 11) is 0. The van der Waals surface area contributed by atoms with Crippen LogP contribution in [0.4, 0.5) is 8.78 Å². The van der Waals surface area contributed by atoms with Gasteiger partial charge in [-0.3, -0.25) is 4.79 Å². The molecule has 0 saturated heterocycles. The summed E-state index contributed by atoms with van der Waals surface area (Å²) >= 11 is 3.01. The van der Waals surface area contributed by atoms with Crippen LogP contribution in [0.25, 0.3) is 0 Å². The van der Waals surface area contributed by atoms with Crippen LogP contribution in [0.1, 0.15) is 32.8 Å². The molecule has 1 amide bonds. The van der Waals surface area contributed by atoms with Crippen LogP contribution in [0.5, 0.6) is 0 Å². The average molecular weight is 349 g/mol. The molecule has 0 fully saturated rings. The summed E-state index contributed by atoms with van der Waals surface area (Å²) in [4.78, 5) is 11.6. The maximum absolute atomic E-state index is 13.7. The Hall–Kier alpha value is -1.01. The van der Waals surface area contributed by atoms with E-state index in [1.54, 1.807) is 0 Å². The van der Waals surface area contributed by atoms with Gasteiger partial charge in [0.05, 0.1) is 4.47 Å². The van der Waals surface area contributed by atoms with Crippen LogP contribution in [-0.2, 0) is 11.3 Å². The van der Waals surface area contributed by atoms with E-state index in [1.165, 1.54) is 12.1 Å². The number of rotatable bonds is 5. The van der Waals surface area contributed by atoms with Crippen LogP contribution in [0.15, 0.2) is 16.6 Å². The number of benzene rings is 1. The van der Waals surface area contributed by atoms with E-state index < -0.39 is 11.6 Å². The van der Waals surface area contributed by atoms with E-state index in [0.29, 0.717) is 6.54 Å². The molecule has 112 valence electrons. The van der Waals surface area contributed by atoms with Gasteiger partial charge in [0.1, 0.15) is 11.6 Å². The fourth-order valence-electron chi connectivity index (χ4n) is 1.63. The Morgan fingerprint density at radius 3 is 2.55 bits per heavy atom. The average Bonchev–Trinajstić information content (AvgIpc) is 2.31. The lowest BCUT2D eigenvalue weighted by Crippen LogP contribution is -2.41. The number of halogens is 3. The molecule has 0 atom stereocenters. The minimum atomic E-state index is -0.614. The van der Waals surface area contributed by atoms with Gasteiger partial charge in [-0.15, -0.1) is 0 Å². The molecule has 1 aromatic rings. The first kappa shape index (κ1) is 17.0. The molecule has 2 N–H and O–H groups in total. The Labute approximate surface area is 126 Å². The van der Waals surface area contributed by atoms with Crippen molar-refractivity contribution in [2.24, 2.45) is 0 Å². The summed E-state index contributed by atoms with van der Waals surface area (Å²) < 4.78 is 27.3. The summed E-state index contributed by atoms with van der Waals surface area (Å²) in [5.41, 5.74) is -0.310. The van der Waals surface area contributed by atoms with Gasteiger partial charge in [-0.2, -0.15) is 0 Å². The highest BCUT2D eigenvalue weighted by molar-refractivity contribution is 9.10. The molecule has 0 aliphatic heterocycles. The van der Waals surface area contributed by atoms with Crippen molar-refractivity contribution in [3.63, 3.8) is 0 Å². The molecule has 0 aliphatic rings. The maximum Gasteiger partial charge on any atom is 0.221 e. The zero-order valence-corrected chi connectivity index (χ0v) is 13.4. The first-order chi connectivity index (χ1) is 9.20. The summed E-state index contributed by atoms with van der Waals surface area (Å²) in [5, 5.41) is 5.68. The van der Waals surface area contributed by atoms with Gasteiger partial charge in [0.25, 0.3) is 0 Å². The van der Waals surface area contributed by atoms with Crippen LogP contribution in [0, 0.1) is 11.6 Å². The van der Waals surface area contributed by atoms with Crippen LogP contribution in [0.3, 0.4) is 0 Å². The molecule has 0 aromatic heterocycles. The SMILES string of the molecule is CC(C)(C)NC(=O)CCNCc1c(F)ccc(Br)c1F. The van der Waals surface area contributed by atoms with Crippen LogP contribution in [0.2, 0.25) is 0 Å². The topological polar surface area (TPSA) is 41.1 Å². The number of hydrogen-bond acceptors (Lipinski definition) is 2. The van der Waals surface area contributed by atoms with Gasteiger partial charge < -0.3 is 10.6 Å². The predicted molar refractivity (Wildman–Crippen MR) is 78.3 cm³/mol. The molecule has 3 nitrogen and oxygen atoms in total. The second-order valence-corrected chi connectivity index (χ2v) is 6.40. The molecule has 6 heteroatoms. The maximum atomic E-state index is 13.7. The van der Waals surface area contributed by atoms with E-state index >= 15 is 0 Å². The molecule has 0 heterocycles. The summed E-state index contributed by atoms with van der Waals surface area (Å²) in [6.07, 6.45) is 0.258. The van der Waals surface area contributed by atoms with Crippen molar-refractivity contribution in [2.75, 3.05) is 6.54 Å². The molecule has 1 rings (SSSR count). The van der Waals surface area contributed by atoms with Crippen molar-refractivity contribution >= 4 is 21.8 Å². The number of hydrogen-bond donors (Lipinski definition) is 2. The predicted octanol–water partition coefficient (Wildman–Crippen LogP) is 3.12. The quantitative estimate of drug-likeness (QED) is 0.634. The zero-order valence-electron chi connectivity index (χ0n) is 11.8. The molecule has 0 radical (unpaired) electrons. The Balaban J connectivity index is 2.43. The fraction of sp³-hybridized carbons (Fsp3) is 0.500. The molecule has 0 spiro atoms. The van der Waals surface area contributed by atoms with Crippen molar-refractivity contribution < 1.29 is 13.6 Å². The number of nitrogens with one attached hydrogen (secondary N) is 2. The van der Waals surface area contributed by atoms with Crippen molar-refractivity contribution in [2.45, 2.75) is 39.3 Å². The minimum Gasteiger partial charge on any atom is -0.351 e. The minimum absolute atomic E-state index is 0.0318. The van der Waals surface area contributed by atoms with Crippen molar-refractivity contribution in [1.82, 2.24) is 10.6 Å². The highest BCUT2D eigenvalue weighted by atomic mass is 79.9. The smallest absolute Gasteiger partial charge is 0.221 e. The number of amides is 1. The Kier molecular flexibility index (Phi) is 6.07. The van der Waals surface area contributed by atoms with E-state index in [9.17, 15) is 13.6 Å². The second kappa shape index (κ2) is 7.13. The van der Waals surface area contributed by atoms with Gasteiger partial charge in [-0.1, -0.05) is 0 Å². The summed E-state index contributed by atoms with van der Waals surface area (Å²) in [6, 6.07) is 2.53. The second-order valence-electron chi connectivity index (χ2n) is 5.55. The number of carbonyl (C=O) groups excluding carboxylic acids is 1. The van der Waals surface area contributed by atoms with Gasteiger partial charge in [-0.25, -0.2) is 8.78 Å². The zero-order chi connectivity index (χ0) is 15.3. The van der Waals surface area contributed by atoms with E-state index in [1.807, 2.05) is 20.8 Å². The first-order valence-corrected chi connectivity index (χ1v) is 7.14. The van der Waals surface area contributed by atoms with Gasteiger partial charge in [0.2, 0.25) is 5.91 Å². The van der Waals surface area contributed by atoms with Gasteiger partial charge in [0.15, 0.2) is 0 Å². The lowest BCUT2D eigenvalue weighted by molar-refractivity contribution is -0.122. The Morgan fingerprint density at radius 1 is 1.30 bits per heavy atom. The number of carbonyl (C=O) groups is 1. The fourth-order valence-corrected chi connectivity index (χ4v) is 2.00. The van der Waals surface area contributed by atoms with E-state index in [2.05, 4.69) is 26.6 Å². The summed E-state index contributed by atoms with van der Waals surface area (Å²) in [6.45, 7) is 6.08. The van der Waals surface area contributed by atoms with Crippen molar-refractivity contribution in [1.29, 1.82) is 0 Å². The highest BCUT2D eigenvalue weighted by Gasteiger charge is 2.14.